The second kappa shape index (κ2) is 6.24. The van der Waals surface area contributed by atoms with Crippen molar-refractivity contribution in [2.75, 3.05) is 4.90 Å². The summed E-state index contributed by atoms with van der Waals surface area (Å²) in [4.78, 5) is 35.8. The molecule has 1 aliphatic rings. The minimum atomic E-state index is -0.468. The number of rotatable bonds is 3. The molecule has 0 saturated heterocycles. The average molecular weight is 317 g/mol. The summed E-state index contributed by atoms with van der Waals surface area (Å²) in [7, 11) is 0. The third kappa shape index (κ3) is 2.70. The van der Waals surface area contributed by atoms with Crippen LogP contribution >= 0.6 is 0 Å². The molecule has 3 aromatic heterocycles. The highest BCUT2D eigenvalue weighted by atomic mass is 15.4. The van der Waals surface area contributed by atoms with Crippen LogP contribution in [-0.2, 0) is 0 Å². The zero-order chi connectivity index (χ0) is 16.2. The predicted molar refractivity (Wildman–Crippen MR) is 86.3 cm³/mol. The molecule has 0 aliphatic carbocycles. The van der Waals surface area contributed by atoms with Gasteiger partial charge >= 0.3 is 0 Å². The van der Waals surface area contributed by atoms with Gasteiger partial charge in [0.2, 0.25) is 5.95 Å². The van der Waals surface area contributed by atoms with Crippen LogP contribution < -0.4 is 4.90 Å². The number of nitrogens with zero attached hydrogens (tertiary/aromatic N) is 9. The number of aromatic nitrogens is 6. The van der Waals surface area contributed by atoms with Crippen molar-refractivity contribution in [3.05, 3.63) is 67.0 Å². The van der Waals surface area contributed by atoms with Gasteiger partial charge in [0, 0.05) is 31.0 Å². The zero-order valence-corrected chi connectivity index (χ0v) is 12.4. The summed E-state index contributed by atoms with van der Waals surface area (Å²) in [6.07, 6.45) is 12.4. The fraction of sp³-hybridized carbons (Fsp3) is 0.0667. The van der Waals surface area contributed by atoms with Gasteiger partial charge in [0.15, 0.2) is 12.0 Å². The molecule has 0 aromatic carbocycles. The zero-order valence-electron chi connectivity index (χ0n) is 12.4. The van der Waals surface area contributed by atoms with Crippen molar-refractivity contribution >= 4 is 18.1 Å². The van der Waals surface area contributed by atoms with Gasteiger partial charge in [0.1, 0.15) is 18.4 Å². The molecule has 9 heteroatoms. The third-order valence-corrected chi connectivity index (χ3v) is 3.26. The lowest BCUT2D eigenvalue weighted by Gasteiger charge is -2.27. The van der Waals surface area contributed by atoms with E-state index in [2.05, 4.69) is 39.9 Å². The maximum Gasteiger partial charge on any atom is 0.232 e. The number of amidine groups is 1. The predicted octanol–water partition coefficient (Wildman–Crippen LogP) is 1.05. The molecule has 1 aliphatic heterocycles. The van der Waals surface area contributed by atoms with E-state index < -0.39 is 6.17 Å². The highest BCUT2D eigenvalue weighted by molar-refractivity contribution is 6.04. The maximum atomic E-state index is 4.65. The Hall–Kier alpha value is -3.62. The summed E-state index contributed by atoms with van der Waals surface area (Å²) < 4.78 is 0. The summed E-state index contributed by atoms with van der Waals surface area (Å²) in [5, 5.41) is 0. The minimum absolute atomic E-state index is 0.468. The molecular weight excluding hydrogens is 306 g/mol. The Labute approximate surface area is 137 Å². The van der Waals surface area contributed by atoms with E-state index in [9.17, 15) is 0 Å². The first-order valence-corrected chi connectivity index (χ1v) is 7.11. The maximum absolute atomic E-state index is 4.65. The van der Waals surface area contributed by atoms with Gasteiger partial charge < -0.3 is 0 Å². The first-order valence-electron chi connectivity index (χ1n) is 7.11. The Kier molecular flexibility index (Phi) is 3.64. The third-order valence-electron chi connectivity index (χ3n) is 3.26. The molecule has 4 rings (SSSR count). The number of anilines is 1. The molecule has 0 amide bonds. The summed E-state index contributed by atoms with van der Waals surface area (Å²) in [5.41, 5.74) is 1.28. The van der Waals surface area contributed by atoms with Gasteiger partial charge in [0.25, 0.3) is 0 Å². The lowest BCUT2D eigenvalue weighted by atomic mass is 10.2. The summed E-state index contributed by atoms with van der Waals surface area (Å²) in [6, 6.07) is 3.54. The van der Waals surface area contributed by atoms with E-state index in [1.165, 1.54) is 6.33 Å². The smallest absolute Gasteiger partial charge is 0.232 e. The molecule has 116 valence electrons. The van der Waals surface area contributed by atoms with Crippen molar-refractivity contribution < 1.29 is 0 Å². The molecule has 0 spiro atoms. The Morgan fingerprint density at radius 1 is 0.875 bits per heavy atom. The van der Waals surface area contributed by atoms with E-state index in [0.717, 1.165) is 0 Å². The van der Waals surface area contributed by atoms with Gasteiger partial charge in [-0.05, 0) is 12.1 Å². The minimum Gasteiger partial charge on any atom is -0.272 e. The first-order chi connectivity index (χ1) is 11.9. The van der Waals surface area contributed by atoms with Crippen molar-refractivity contribution in [1.82, 2.24) is 29.9 Å². The molecule has 0 N–H and O–H groups in total. The van der Waals surface area contributed by atoms with Gasteiger partial charge in [-0.1, -0.05) is 0 Å². The summed E-state index contributed by atoms with van der Waals surface area (Å²) in [5.74, 6) is 0.950. The first kappa shape index (κ1) is 14.0. The molecule has 1 atom stereocenters. The Bertz CT molecular complexity index is 865. The SMILES string of the molecule is C1=NC(c2cnccn2)=NC(c2ccncn2)N1c1ncccn1. The summed E-state index contributed by atoms with van der Waals surface area (Å²) in [6.45, 7) is 0. The fourth-order valence-corrected chi connectivity index (χ4v) is 2.19. The molecule has 4 heterocycles. The molecule has 24 heavy (non-hydrogen) atoms. The molecule has 0 bridgehead atoms. The highest BCUT2D eigenvalue weighted by Gasteiger charge is 2.26. The average Bonchev–Trinajstić information content (AvgIpc) is 2.69. The van der Waals surface area contributed by atoms with Crippen molar-refractivity contribution in [2.24, 2.45) is 9.98 Å². The summed E-state index contributed by atoms with van der Waals surface area (Å²) >= 11 is 0. The van der Waals surface area contributed by atoms with Gasteiger partial charge in [-0.3, -0.25) is 9.88 Å². The van der Waals surface area contributed by atoms with E-state index >= 15 is 0 Å². The van der Waals surface area contributed by atoms with Gasteiger partial charge in [-0.15, -0.1) is 0 Å². The number of aliphatic imine (C=N–C) groups is 2. The van der Waals surface area contributed by atoms with Crippen LogP contribution in [0.5, 0.6) is 0 Å². The van der Waals surface area contributed by atoms with Crippen LogP contribution in [0.3, 0.4) is 0 Å². The highest BCUT2D eigenvalue weighted by Crippen LogP contribution is 2.26. The molecule has 0 radical (unpaired) electrons. The number of hydrogen-bond donors (Lipinski definition) is 0. The largest absolute Gasteiger partial charge is 0.272 e. The molecule has 3 aromatic rings. The Morgan fingerprint density at radius 3 is 2.54 bits per heavy atom. The Balaban J connectivity index is 1.78. The number of hydrogen-bond acceptors (Lipinski definition) is 9. The molecular formula is C15H11N9. The second-order valence-electron chi connectivity index (χ2n) is 4.75. The van der Waals surface area contributed by atoms with Crippen molar-refractivity contribution in [3.63, 3.8) is 0 Å². The van der Waals surface area contributed by atoms with Crippen LogP contribution in [0.15, 0.2) is 65.6 Å². The second-order valence-corrected chi connectivity index (χ2v) is 4.75. The van der Waals surface area contributed by atoms with Crippen LogP contribution in [0.4, 0.5) is 5.95 Å². The van der Waals surface area contributed by atoms with Gasteiger partial charge in [-0.2, -0.15) is 0 Å². The van der Waals surface area contributed by atoms with E-state index in [0.29, 0.717) is 23.2 Å². The van der Waals surface area contributed by atoms with E-state index in [-0.39, 0.29) is 0 Å². The van der Waals surface area contributed by atoms with Crippen LogP contribution in [0.1, 0.15) is 17.6 Å². The van der Waals surface area contributed by atoms with Crippen molar-refractivity contribution in [3.8, 4) is 0 Å². The van der Waals surface area contributed by atoms with Crippen LogP contribution in [-0.4, -0.2) is 42.1 Å². The van der Waals surface area contributed by atoms with Gasteiger partial charge in [0.05, 0.1) is 11.9 Å². The Morgan fingerprint density at radius 2 is 1.79 bits per heavy atom. The monoisotopic (exact) mass is 317 g/mol. The van der Waals surface area contributed by atoms with E-state index in [4.69, 9.17) is 0 Å². The molecule has 9 nitrogen and oxygen atoms in total. The van der Waals surface area contributed by atoms with Crippen LogP contribution in [0.2, 0.25) is 0 Å². The van der Waals surface area contributed by atoms with Crippen molar-refractivity contribution in [2.45, 2.75) is 6.17 Å². The fourth-order valence-electron chi connectivity index (χ4n) is 2.19. The van der Waals surface area contributed by atoms with Crippen molar-refractivity contribution in [1.29, 1.82) is 0 Å². The van der Waals surface area contributed by atoms with Crippen LogP contribution in [0, 0.1) is 0 Å². The van der Waals surface area contributed by atoms with Crippen LogP contribution in [0.25, 0.3) is 0 Å². The molecule has 0 saturated carbocycles. The van der Waals surface area contributed by atoms with E-state index in [1.807, 2.05) is 0 Å². The normalized spacial score (nSPS) is 16.8. The molecule has 1 unspecified atom stereocenters. The lowest BCUT2D eigenvalue weighted by Crippen LogP contribution is -2.32. The standard InChI is InChI=1S/C15H11N9/c1-3-19-15(20-4-1)24-10-22-13(12-8-16-6-7-18-12)23-14(24)11-2-5-17-9-21-11/h1-10,14H. The van der Waals surface area contributed by atoms with E-state index in [1.54, 1.807) is 60.6 Å². The quantitative estimate of drug-likeness (QED) is 0.710. The van der Waals surface area contributed by atoms with Gasteiger partial charge in [-0.25, -0.2) is 34.9 Å². The topological polar surface area (TPSA) is 105 Å². The lowest BCUT2D eigenvalue weighted by molar-refractivity contribution is 0.702. The molecule has 0 fully saturated rings.